The highest BCUT2D eigenvalue weighted by atomic mass is 35.5. The lowest BCUT2D eigenvalue weighted by atomic mass is 10.2. The van der Waals surface area contributed by atoms with Crippen LogP contribution >= 0.6 is 11.6 Å². The summed E-state index contributed by atoms with van der Waals surface area (Å²) in [5.74, 6) is 0.0995. The zero-order valence-corrected chi connectivity index (χ0v) is 11.6. The van der Waals surface area contributed by atoms with Crippen LogP contribution in [0.4, 0.5) is 0 Å². The number of hydrogen-bond acceptors (Lipinski definition) is 1. The fraction of sp³-hybridized carbons (Fsp3) is 0.357. The Morgan fingerprint density at radius 3 is 2.78 bits per heavy atom. The first-order valence-electron chi connectivity index (χ1n) is 5.99. The monoisotopic (exact) mass is 264 g/mol. The average Bonchev–Trinajstić information content (AvgIpc) is 2.73. The summed E-state index contributed by atoms with van der Waals surface area (Å²) < 4.78 is 1.93. The van der Waals surface area contributed by atoms with Gasteiger partial charge in [0.1, 0.15) is 6.54 Å². The maximum absolute atomic E-state index is 12.1. The minimum absolute atomic E-state index is 0.0995. The van der Waals surface area contributed by atoms with Gasteiger partial charge in [0.25, 0.3) is 0 Å². The molecule has 1 aromatic carbocycles. The highest BCUT2D eigenvalue weighted by Crippen LogP contribution is 2.24. The van der Waals surface area contributed by atoms with Crippen molar-refractivity contribution in [1.82, 2.24) is 9.47 Å². The largest absolute Gasteiger partial charge is 0.342 e. The van der Waals surface area contributed by atoms with Crippen LogP contribution in [0.3, 0.4) is 0 Å². The SMILES string of the molecule is CC(C)N(C)C(=O)Cn1ccc2c(Cl)cccc21. The van der Waals surface area contributed by atoms with Gasteiger partial charge in [0, 0.05) is 35.2 Å². The summed E-state index contributed by atoms with van der Waals surface area (Å²) in [5, 5.41) is 1.70. The number of amides is 1. The number of fused-ring (bicyclic) bond motifs is 1. The van der Waals surface area contributed by atoms with E-state index in [1.165, 1.54) is 0 Å². The van der Waals surface area contributed by atoms with E-state index in [4.69, 9.17) is 11.6 Å². The predicted octanol–water partition coefficient (Wildman–Crippen LogP) is 3.16. The van der Waals surface area contributed by atoms with Crippen LogP contribution in [0.1, 0.15) is 13.8 Å². The molecule has 96 valence electrons. The van der Waals surface area contributed by atoms with Gasteiger partial charge in [0.15, 0.2) is 0 Å². The van der Waals surface area contributed by atoms with E-state index in [9.17, 15) is 4.79 Å². The lowest BCUT2D eigenvalue weighted by molar-refractivity contribution is -0.131. The van der Waals surface area contributed by atoms with Crippen molar-refractivity contribution in [1.29, 1.82) is 0 Å². The number of aromatic nitrogens is 1. The molecule has 3 nitrogen and oxygen atoms in total. The van der Waals surface area contributed by atoms with Crippen molar-refractivity contribution in [3.63, 3.8) is 0 Å². The topological polar surface area (TPSA) is 25.2 Å². The highest BCUT2D eigenvalue weighted by Gasteiger charge is 2.13. The normalized spacial score (nSPS) is 11.2. The smallest absolute Gasteiger partial charge is 0.242 e. The standard InChI is InChI=1S/C14H17ClN2O/c1-10(2)16(3)14(18)9-17-8-7-11-12(15)5-4-6-13(11)17/h4-8,10H,9H2,1-3H3. The Morgan fingerprint density at radius 2 is 2.11 bits per heavy atom. The van der Waals surface area contributed by atoms with E-state index in [1.807, 2.05) is 55.9 Å². The van der Waals surface area contributed by atoms with Gasteiger partial charge in [0.05, 0.1) is 0 Å². The predicted molar refractivity (Wildman–Crippen MR) is 74.9 cm³/mol. The Balaban J connectivity index is 2.28. The number of likely N-dealkylation sites (N-methyl/N-ethyl adjacent to an activating group) is 1. The number of carbonyl (C=O) groups is 1. The lowest BCUT2D eigenvalue weighted by Crippen LogP contribution is -2.35. The summed E-state index contributed by atoms with van der Waals surface area (Å²) in [6, 6.07) is 7.89. The van der Waals surface area contributed by atoms with Crippen LogP contribution in [0.15, 0.2) is 30.5 Å². The Kier molecular flexibility index (Phi) is 3.62. The maximum atomic E-state index is 12.1. The van der Waals surface area contributed by atoms with Crippen molar-refractivity contribution >= 4 is 28.4 Å². The van der Waals surface area contributed by atoms with Crippen molar-refractivity contribution in [2.45, 2.75) is 26.4 Å². The second kappa shape index (κ2) is 5.02. The van der Waals surface area contributed by atoms with Crippen molar-refractivity contribution in [2.24, 2.45) is 0 Å². The number of hydrogen-bond donors (Lipinski definition) is 0. The Labute approximate surface area is 112 Å². The molecule has 0 aliphatic carbocycles. The molecule has 2 rings (SSSR count). The minimum atomic E-state index is 0.0995. The lowest BCUT2D eigenvalue weighted by Gasteiger charge is -2.21. The molecule has 0 aliphatic heterocycles. The van der Waals surface area contributed by atoms with Gasteiger partial charge in [-0.3, -0.25) is 4.79 Å². The van der Waals surface area contributed by atoms with Crippen LogP contribution in [0.5, 0.6) is 0 Å². The van der Waals surface area contributed by atoms with Gasteiger partial charge in [0.2, 0.25) is 5.91 Å². The van der Waals surface area contributed by atoms with Crippen LogP contribution in [-0.2, 0) is 11.3 Å². The quantitative estimate of drug-likeness (QED) is 0.836. The van der Waals surface area contributed by atoms with E-state index >= 15 is 0 Å². The molecule has 2 aromatic rings. The fourth-order valence-corrected chi connectivity index (χ4v) is 2.10. The van der Waals surface area contributed by atoms with Gasteiger partial charge in [-0.15, -0.1) is 0 Å². The molecule has 0 fully saturated rings. The molecule has 0 bridgehead atoms. The molecule has 1 heterocycles. The summed E-state index contributed by atoms with van der Waals surface area (Å²) in [5.41, 5.74) is 0.994. The Hall–Kier alpha value is -1.48. The molecular formula is C14H17ClN2O. The van der Waals surface area contributed by atoms with Crippen molar-refractivity contribution < 1.29 is 4.79 Å². The molecule has 0 aliphatic rings. The molecule has 4 heteroatoms. The van der Waals surface area contributed by atoms with Gasteiger partial charge in [-0.05, 0) is 32.0 Å². The zero-order chi connectivity index (χ0) is 13.3. The van der Waals surface area contributed by atoms with E-state index in [0.717, 1.165) is 15.9 Å². The second-order valence-electron chi connectivity index (χ2n) is 4.71. The molecule has 1 amide bonds. The Bertz CT molecular complexity index is 574. The van der Waals surface area contributed by atoms with E-state index in [2.05, 4.69) is 0 Å². The summed E-state index contributed by atoms with van der Waals surface area (Å²) in [4.78, 5) is 13.8. The third kappa shape index (κ3) is 2.36. The van der Waals surface area contributed by atoms with E-state index in [-0.39, 0.29) is 11.9 Å². The first-order valence-corrected chi connectivity index (χ1v) is 6.37. The molecular weight excluding hydrogens is 248 g/mol. The maximum Gasteiger partial charge on any atom is 0.242 e. The Morgan fingerprint density at radius 1 is 1.39 bits per heavy atom. The number of benzene rings is 1. The van der Waals surface area contributed by atoms with Crippen LogP contribution < -0.4 is 0 Å². The van der Waals surface area contributed by atoms with Crippen LogP contribution in [0.2, 0.25) is 5.02 Å². The van der Waals surface area contributed by atoms with Crippen molar-refractivity contribution in [2.75, 3.05) is 7.05 Å². The average molecular weight is 265 g/mol. The highest BCUT2D eigenvalue weighted by molar-refractivity contribution is 6.35. The first-order chi connectivity index (χ1) is 8.50. The minimum Gasteiger partial charge on any atom is -0.342 e. The van der Waals surface area contributed by atoms with Gasteiger partial charge in [-0.1, -0.05) is 17.7 Å². The van der Waals surface area contributed by atoms with E-state index in [0.29, 0.717) is 6.54 Å². The van der Waals surface area contributed by atoms with E-state index in [1.54, 1.807) is 4.90 Å². The van der Waals surface area contributed by atoms with Gasteiger partial charge < -0.3 is 9.47 Å². The van der Waals surface area contributed by atoms with Gasteiger partial charge in [-0.2, -0.15) is 0 Å². The molecule has 0 N–H and O–H groups in total. The summed E-state index contributed by atoms with van der Waals surface area (Å²) in [7, 11) is 1.83. The van der Waals surface area contributed by atoms with E-state index < -0.39 is 0 Å². The number of halogens is 1. The fourth-order valence-electron chi connectivity index (χ4n) is 1.87. The van der Waals surface area contributed by atoms with Crippen LogP contribution in [0.25, 0.3) is 10.9 Å². The molecule has 0 saturated carbocycles. The molecule has 0 radical (unpaired) electrons. The number of carbonyl (C=O) groups excluding carboxylic acids is 1. The van der Waals surface area contributed by atoms with Crippen LogP contribution in [-0.4, -0.2) is 28.5 Å². The first kappa shape index (κ1) is 13.0. The third-order valence-corrected chi connectivity index (χ3v) is 3.56. The molecule has 0 atom stereocenters. The summed E-state index contributed by atoms with van der Waals surface area (Å²) >= 11 is 6.11. The third-order valence-electron chi connectivity index (χ3n) is 3.23. The second-order valence-corrected chi connectivity index (χ2v) is 5.12. The molecule has 1 aromatic heterocycles. The van der Waals surface area contributed by atoms with Gasteiger partial charge >= 0.3 is 0 Å². The molecule has 18 heavy (non-hydrogen) atoms. The number of rotatable bonds is 3. The van der Waals surface area contributed by atoms with Crippen LogP contribution in [0, 0.1) is 0 Å². The van der Waals surface area contributed by atoms with Crippen molar-refractivity contribution in [3.05, 3.63) is 35.5 Å². The molecule has 0 spiro atoms. The molecule has 0 unspecified atom stereocenters. The summed E-state index contributed by atoms with van der Waals surface area (Å²) in [6.07, 6.45) is 1.91. The number of nitrogens with zero attached hydrogens (tertiary/aromatic N) is 2. The zero-order valence-electron chi connectivity index (χ0n) is 10.9. The van der Waals surface area contributed by atoms with Gasteiger partial charge in [-0.25, -0.2) is 0 Å². The molecule has 0 saturated heterocycles. The van der Waals surface area contributed by atoms with Crippen molar-refractivity contribution in [3.8, 4) is 0 Å². The summed E-state index contributed by atoms with van der Waals surface area (Å²) in [6.45, 7) is 4.35.